The van der Waals surface area contributed by atoms with Gasteiger partial charge >= 0.3 is 6.18 Å². The van der Waals surface area contributed by atoms with Crippen molar-refractivity contribution in [2.24, 2.45) is 0 Å². The molecule has 1 aromatic rings. The van der Waals surface area contributed by atoms with Crippen LogP contribution >= 0.6 is 31.9 Å². The van der Waals surface area contributed by atoms with Gasteiger partial charge < -0.3 is 9.47 Å². The largest absolute Gasteiger partial charge is 0.493 e. The number of ether oxygens (including phenoxy) is 2. The number of rotatable bonds is 4. The lowest BCUT2D eigenvalue weighted by atomic mass is 10.2. The topological polar surface area (TPSA) is 18.5 Å². The van der Waals surface area contributed by atoms with Gasteiger partial charge in [-0.05, 0) is 33.6 Å². The molecule has 96 valence electrons. The van der Waals surface area contributed by atoms with Gasteiger partial charge in [-0.2, -0.15) is 13.2 Å². The molecule has 0 unspecified atom stereocenters. The molecule has 0 bridgehead atoms. The number of alkyl halides is 4. The van der Waals surface area contributed by atoms with E-state index in [9.17, 15) is 13.2 Å². The third kappa shape index (κ3) is 4.39. The zero-order valence-electron chi connectivity index (χ0n) is 8.78. The average Bonchev–Trinajstić information content (AvgIpc) is 2.25. The molecule has 0 aromatic heterocycles. The van der Waals surface area contributed by atoms with Crippen LogP contribution in [0.4, 0.5) is 13.2 Å². The molecular weight excluding hydrogens is 369 g/mol. The van der Waals surface area contributed by atoms with E-state index in [0.29, 0.717) is 9.80 Å². The van der Waals surface area contributed by atoms with Crippen molar-refractivity contribution in [1.82, 2.24) is 0 Å². The maximum atomic E-state index is 12.1. The van der Waals surface area contributed by atoms with Crippen LogP contribution in [0.1, 0.15) is 5.56 Å². The van der Waals surface area contributed by atoms with Crippen molar-refractivity contribution in [2.75, 3.05) is 13.7 Å². The average molecular weight is 378 g/mol. The van der Waals surface area contributed by atoms with Gasteiger partial charge in [-0.15, -0.1) is 0 Å². The molecule has 0 saturated carbocycles. The van der Waals surface area contributed by atoms with Crippen molar-refractivity contribution >= 4 is 31.9 Å². The predicted octanol–water partition coefficient (Wildman–Crippen LogP) is 4.29. The quantitative estimate of drug-likeness (QED) is 0.728. The van der Waals surface area contributed by atoms with E-state index in [1.165, 1.54) is 7.11 Å². The van der Waals surface area contributed by atoms with Crippen LogP contribution in [0.2, 0.25) is 0 Å². The fourth-order valence-electron chi connectivity index (χ4n) is 1.14. The smallest absolute Gasteiger partial charge is 0.422 e. The first-order chi connectivity index (χ1) is 7.87. The number of hydrogen-bond donors (Lipinski definition) is 0. The Morgan fingerprint density at radius 2 is 1.94 bits per heavy atom. The fraction of sp³-hybridized carbons (Fsp3) is 0.400. The summed E-state index contributed by atoms with van der Waals surface area (Å²) in [7, 11) is 1.38. The van der Waals surface area contributed by atoms with Gasteiger partial charge in [-0.25, -0.2) is 0 Å². The van der Waals surface area contributed by atoms with Crippen molar-refractivity contribution in [2.45, 2.75) is 11.5 Å². The van der Waals surface area contributed by atoms with E-state index < -0.39 is 12.8 Å². The van der Waals surface area contributed by atoms with Crippen molar-refractivity contribution in [1.29, 1.82) is 0 Å². The van der Waals surface area contributed by atoms with Crippen LogP contribution in [-0.4, -0.2) is 19.9 Å². The molecule has 1 rings (SSSR count). The minimum absolute atomic E-state index is 0.0505. The summed E-state index contributed by atoms with van der Waals surface area (Å²) in [6.45, 7) is -1.35. The fourth-order valence-corrected chi connectivity index (χ4v) is 2.07. The molecule has 1 aromatic carbocycles. The molecule has 0 radical (unpaired) electrons. The molecule has 0 aliphatic rings. The van der Waals surface area contributed by atoms with Crippen molar-refractivity contribution in [3.05, 3.63) is 22.2 Å². The molecule has 0 aliphatic carbocycles. The first-order valence-electron chi connectivity index (χ1n) is 4.49. The van der Waals surface area contributed by atoms with Crippen LogP contribution in [0.3, 0.4) is 0 Å². The van der Waals surface area contributed by atoms with Crippen molar-refractivity contribution in [3.63, 3.8) is 0 Å². The molecule has 17 heavy (non-hydrogen) atoms. The summed E-state index contributed by atoms with van der Waals surface area (Å²) in [6.07, 6.45) is -4.38. The van der Waals surface area contributed by atoms with E-state index in [1.54, 1.807) is 12.1 Å². The maximum Gasteiger partial charge on any atom is 0.422 e. The highest BCUT2D eigenvalue weighted by Crippen LogP contribution is 2.38. The summed E-state index contributed by atoms with van der Waals surface area (Å²) in [5.41, 5.74) is 0.869. The summed E-state index contributed by atoms with van der Waals surface area (Å²) in [6, 6.07) is 3.29. The third-order valence-corrected chi connectivity index (χ3v) is 3.06. The first kappa shape index (κ1) is 14.6. The number of benzene rings is 1. The van der Waals surface area contributed by atoms with Crippen molar-refractivity contribution in [3.8, 4) is 11.5 Å². The Kier molecular flexibility index (Phi) is 5.12. The highest BCUT2D eigenvalue weighted by Gasteiger charge is 2.29. The van der Waals surface area contributed by atoms with Gasteiger partial charge in [0.05, 0.1) is 11.6 Å². The molecule has 7 heteroatoms. The second-order valence-electron chi connectivity index (χ2n) is 3.15. The SMILES string of the molecule is COc1cc(CBr)cc(Br)c1OCC(F)(F)F. The minimum Gasteiger partial charge on any atom is -0.493 e. The zero-order chi connectivity index (χ0) is 13.1. The lowest BCUT2D eigenvalue weighted by Gasteiger charge is -2.14. The van der Waals surface area contributed by atoms with Crippen molar-refractivity contribution < 1.29 is 22.6 Å². The minimum atomic E-state index is -4.38. The summed E-state index contributed by atoms with van der Waals surface area (Å²) >= 11 is 6.41. The van der Waals surface area contributed by atoms with Crippen LogP contribution in [-0.2, 0) is 5.33 Å². The third-order valence-electron chi connectivity index (χ3n) is 1.82. The Morgan fingerprint density at radius 3 is 2.41 bits per heavy atom. The van der Waals surface area contributed by atoms with E-state index in [0.717, 1.165) is 5.56 Å². The Balaban J connectivity index is 2.98. The molecule has 2 nitrogen and oxygen atoms in total. The Hall–Kier alpha value is -0.430. The van der Waals surface area contributed by atoms with Gasteiger partial charge in [-0.3, -0.25) is 0 Å². The molecule has 0 heterocycles. The van der Waals surface area contributed by atoms with Gasteiger partial charge in [0.2, 0.25) is 0 Å². The Bertz CT molecular complexity index is 394. The first-order valence-corrected chi connectivity index (χ1v) is 6.40. The van der Waals surface area contributed by atoms with E-state index in [1.807, 2.05) is 0 Å². The van der Waals surface area contributed by atoms with E-state index in [4.69, 9.17) is 9.47 Å². The number of hydrogen-bond acceptors (Lipinski definition) is 2. The van der Waals surface area contributed by atoms with Gasteiger partial charge in [0.1, 0.15) is 0 Å². The maximum absolute atomic E-state index is 12.1. The monoisotopic (exact) mass is 376 g/mol. The molecule has 0 fully saturated rings. The zero-order valence-corrected chi connectivity index (χ0v) is 11.9. The van der Waals surface area contributed by atoms with Crippen LogP contribution in [0.25, 0.3) is 0 Å². The lowest BCUT2D eigenvalue weighted by Crippen LogP contribution is -2.19. The second-order valence-corrected chi connectivity index (χ2v) is 4.56. The lowest BCUT2D eigenvalue weighted by molar-refractivity contribution is -0.153. The Labute approximate surface area is 113 Å². The highest BCUT2D eigenvalue weighted by atomic mass is 79.9. The van der Waals surface area contributed by atoms with E-state index >= 15 is 0 Å². The Morgan fingerprint density at radius 1 is 1.29 bits per heavy atom. The number of halogens is 5. The standard InChI is InChI=1S/C10H9Br2F3O2/c1-16-8-3-6(4-11)2-7(12)9(8)17-5-10(13,14)15/h2-3H,4-5H2,1H3. The van der Waals surface area contributed by atoms with Gasteiger partial charge in [0.15, 0.2) is 18.1 Å². The van der Waals surface area contributed by atoms with E-state index in [-0.39, 0.29) is 11.5 Å². The molecule has 0 spiro atoms. The molecule has 0 atom stereocenters. The number of methoxy groups -OCH3 is 1. The molecular formula is C10H9Br2F3O2. The molecule has 0 amide bonds. The van der Waals surface area contributed by atoms with Crippen LogP contribution in [0.15, 0.2) is 16.6 Å². The van der Waals surface area contributed by atoms with Crippen LogP contribution in [0.5, 0.6) is 11.5 Å². The summed E-state index contributed by atoms with van der Waals surface area (Å²) in [4.78, 5) is 0. The normalized spacial score (nSPS) is 11.4. The van der Waals surface area contributed by atoms with Gasteiger partial charge in [0.25, 0.3) is 0 Å². The van der Waals surface area contributed by atoms with Gasteiger partial charge in [0, 0.05) is 5.33 Å². The van der Waals surface area contributed by atoms with Gasteiger partial charge in [-0.1, -0.05) is 15.9 Å². The summed E-state index contributed by atoms with van der Waals surface area (Å²) in [5, 5.41) is 0.571. The van der Waals surface area contributed by atoms with Crippen LogP contribution in [0, 0.1) is 0 Å². The predicted molar refractivity (Wildman–Crippen MR) is 64.9 cm³/mol. The molecule has 0 N–H and O–H groups in total. The summed E-state index contributed by atoms with van der Waals surface area (Å²) < 4.78 is 46.3. The van der Waals surface area contributed by atoms with E-state index in [2.05, 4.69) is 31.9 Å². The van der Waals surface area contributed by atoms with Crippen LogP contribution < -0.4 is 9.47 Å². The molecule has 0 aliphatic heterocycles. The second kappa shape index (κ2) is 5.95. The summed E-state index contributed by atoms with van der Waals surface area (Å²) in [5.74, 6) is 0.313. The highest BCUT2D eigenvalue weighted by molar-refractivity contribution is 9.10. The molecule has 0 saturated heterocycles.